The van der Waals surface area contributed by atoms with Crippen LogP contribution in [0.3, 0.4) is 0 Å². The highest BCUT2D eigenvalue weighted by atomic mass is 32.1. The standard InChI is InChI=1S/C26H26N4O3S/c1-3-10-30-25(32)19-6-4-17(13-23(19)28-26(30)34)24(31)29-11-8-16(9-12-29)21-15-27-22-7-5-18(33-2)14-20(21)22/h3-7,13-16,27H,1,8-12H2,2H3,(H,28,34). The summed E-state index contributed by atoms with van der Waals surface area (Å²) in [6.07, 6.45) is 5.48. The highest BCUT2D eigenvalue weighted by molar-refractivity contribution is 7.71. The van der Waals surface area contributed by atoms with Gasteiger partial charge < -0.3 is 19.6 Å². The Morgan fingerprint density at radius 3 is 2.71 bits per heavy atom. The number of methoxy groups -OCH3 is 1. The van der Waals surface area contributed by atoms with Gasteiger partial charge in [-0.05, 0) is 72.9 Å². The molecule has 1 aliphatic heterocycles. The van der Waals surface area contributed by atoms with Gasteiger partial charge in [-0.25, -0.2) is 0 Å². The number of amides is 1. The van der Waals surface area contributed by atoms with Gasteiger partial charge in [-0.1, -0.05) is 6.08 Å². The fourth-order valence-corrected chi connectivity index (χ4v) is 5.11. The van der Waals surface area contributed by atoms with E-state index in [4.69, 9.17) is 17.0 Å². The minimum Gasteiger partial charge on any atom is -0.497 e. The minimum absolute atomic E-state index is 0.0319. The number of benzene rings is 2. The van der Waals surface area contributed by atoms with Gasteiger partial charge in [0.15, 0.2) is 4.77 Å². The normalized spacial score (nSPS) is 14.6. The molecular formula is C26H26N4O3S. The van der Waals surface area contributed by atoms with Crippen LogP contribution in [-0.2, 0) is 6.54 Å². The largest absolute Gasteiger partial charge is 0.497 e. The summed E-state index contributed by atoms with van der Waals surface area (Å²) in [7, 11) is 1.68. The molecule has 0 radical (unpaired) electrons. The molecule has 34 heavy (non-hydrogen) atoms. The quantitative estimate of drug-likeness (QED) is 0.323. The second-order valence-electron chi connectivity index (χ2n) is 8.62. The Kier molecular flexibility index (Phi) is 5.83. The molecular weight excluding hydrogens is 448 g/mol. The molecule has 1 aliphatic rings. The van der Waals surface area contributed by atoms with Gasteiger partial charge in [0.25, 0.3) is 11.5 Å². The molecule has 2 aromatic heterocycles. The lowest BCUT2D eigenvalue weighted by atomic mass is 9.89. The Bertz CT molecular complexity index is 1520. The van der Waals surface area contributed by atoms with E-state index in [0.29, 0.717) is 46.8 Å². The average molecular weight is 475 g/mol. The van der Waals surface area contributed by atoms with Crippen LogP contribution in [0.4, 0.5) is 0 Å². The van der Waals surface area contributed by atoms with Crippen molar-refractivity contribution in [3.05, 3.63) is 81.5 Å². The number of nitrogens with zero attached hydrogens (tertiary/aromatic N) is 2. The number of allylic oxidation sites excluding steroid dienone is 1. The van der Waals surface area contributed by atoms with Gasteiger partial charge >= 0.3 is 0 Å². The molecule has 2 aromatic carbocycles. The van der Waals surface area contributed by atoms with Crippen molar-refractivity contribution in [2.24, 2.45) is 0 Å². The molecule has 0 saturated carbocycles. The number of ether oxygens (including phenoxy) is 1. The summed E-state index contributed by atoms with van der Waals surface area (Å²) in [4.78, 5) is 34.3. The molecule has 0 aliphatic carbocycles. The highest BCUT2D eigenvalue weighted by Gasteiger charge is 2.26. The van der Waals surface area contributed by atoms with Gasteiger partial charge in [0.2, 0.25) is 0 Å². The maximum Gasteiger partial charge on any atom is 0.262 e. The molecule has 0 unspecified atom stereocenters. The van der Waals surface area contributed by atoms with Crippen molar-refractivity contribution < 1.29 is 9.53 Å². The van der Waals surface area contributed by atoms with Gasteiger partial charge in [0.1, 0.15) is 5.75 Å². The molecule has 2 N–H and O–H groups in total. The highest BCUT2D eigenvalue weighted by Crippen LogP contribution is 2.35. The van der Waals surface area contributed by atoms with Gasteiger partial charge in [0.05, 0.1) is 18.0 Å². The SMILES string of the molecule is C=CCn1c(=S)[nH]c2cc(C(=O)N3CCC(c4c[nH]c5ccc(OC)cc45)CC3)ccc2c1=O. The first-order chi connectivity index (χ1) is 16.5. The number of carbonyl (C=O) groups is 1. The summed E-state index contributed by atoms with van der Waals surface area (Å²) in [6.45, 7) is 5.36. The number of rotatable bonds is 5. The Balaban J connectivity index is 1.35. The Labute approximate surface area is 201 Å². The molecule has 8 heteroatoms. The van der Waals surface area contributed by atoms with E-state index in [2.05, 4.69) is 28.8 Å². The zero-order valence-corrected chi connectivity index (χ0v) is 19.8. The van der Waals surface area contributed by atoms with Crippen LogP contribution in [0.25, 0.3) is 21.8 Å². The molecule has 0 atom stereocenters. The zero-order chi connectivity index (χ0) is 23.8. The van der Waals surface area contributed by atoms with E-state index in [-0.39, 0.29) is 11.5 Å². The summed E-state index contributed by atoms with van der Waals surface area (Å²) in [5, 5.41) is 1.68. The van der Waals surface area contributed by atoms with Crippen molar-refractivity contribution in [2.45, 2.75) is 25.3 Å². The molecule has 0 bridgehead atoms. The van der Waals surface area contributed by atoms with Crippen molar-refractivity contribution in [3.8, 4) is 5.75 Å². The number of nitrogens with one attached hydrogen (secondary N) is 2. The number of H-pyrrole nitrogens is 2. The van der Waals surface area contributed by atoms with Crippen molar-refractivity contribution in [3.63, 3.8) is 0 Å². The van der Waals surface area contributed by atoms with Crippen molar-refractivity contribution in [1.29, 1.82) is 0 Å². The van der Waals surface area contributed by atoms with E-state index in [1.165, 1.54) is 15.5 Å². The number of hydrogen-bond acceptors (Lipinski definition) is 4. The average Bonchev–Trinajstić information content (AvgIpc) is 3.29. The number of piperidine rings is 1. The van der Waals surface area contributed by atoms with Gasteiger partial charge in [-0.2, -0.15) is 0 Å². The van der Waals surface area contributed by atoms with Crippen molar-refractivity contribution in [1.82, 2.24) is 19.4 Å². The number of aromatic nitrogens is 3. The number of carbonyl (C=O) groups excluding carboxylic acids is 1. The lowest BCUT2D eigenvalue weighted by Crippen LogP contribution is -2.38. The molecule has 1 saturated heterocycles. The van der Waals surface area contributed by atoms with E-state index in [0.717, 1.165) is 24.1 Å². The third-order valence-electron chi connectivity index (χ3n) is 6.68. The number of hydrogen-bond donors (Lipinski definition) is 2. The van der Waals surface area contributed by atoms with Crippen molar-refractivity contribution >= 4 is 39.9 Å². The fourth-order valence-electron chi connectivity index (χ4n) is 4.84. The van der Waals surface area contributed by atoms with Gasteiger partial charge in [0, 0.05) is 42.3 Å². The molecule has 7 nitrogen and oxygen atoms in total. The fraction of sp³-hybridized carbons (Fsp3) is 0.269. The van der Waals surface area contributed by atoms with Gasteiger partial charge in [-0.15, -0.1) is 6.58 Å². The molecule has 1 fully saturated rings. The number of likely N-dealkylation sites (tertiary alicyclic amines) is 1. The Morgan fingerprint density at radius 2 is 1.97 bits per heavy atom. The predicted molar refractivity (Wildman–Crippen MR) is 136 cm³/mol. The number of fused-ring (bicyclic) bond motifs is 2. The van der Waals surface area contributed by atoms with E-state index < -0.39 is 0 Å². The minimum atomic E-state index is -0.186. The predicted octanol–water partition coefficient (Wildman–Crippen LogP) is 4.75. The van der Waals surface area contributed by atoms with Crippen LogP contribution in [0.2, 0.25) is 0 Å². The second-order valence-corrected chi connectivity index (χ2v) is 9.00. The first-order valence-electron chi connectivity index (χ1n) is 11.3. The summed E-state index contributed by atoms with van der Waals surface area (Å²) < 4.78 is 7.17. The molecule has 174 valence electrons. The first-order valence-corrected chi connectivity index (χ1v) is 11.7. The van der Waals surface area contributed by atoms with Crippen LogP contribution in [0.15, 0.2) is 60.0 Å². The third kappa shape index (κ3) is 3.84. The van der Waals surface area contributed by atoms with Crippen LogP contribution >= 0.6 is 12.2 Å². The Hall–Kier alpha value is -3.65. The van der Waals surface area contributed by atoms with Crippen LogP contribution in [0.1, 0.15) is 34.7 Å². The van der Waals surface area contributed by atoms with Gasteiger partial charge in [-0.3, -0.25) is 14.2 Å². The monoisotopic (exact) mass is 474 g/mol. The first kappa shape index (κ1) is 22.2. The second kappa shape index (κ2) is 8.95. The van der Waals surface area contributed by atoms with Crippen LogP contribution < -0.4 is 10.3 Å². The van der Waals surface area contributed by atoms with E-state index in [1.54, 1.807) is 31.4 Å². The van der Waals surface area contributed by atoms with E-state index in [9.17, 15) is 9.59 Å². The molecule has 4 aromatic rings. The summed E-state index contributed by atoms with van der Waals surface area (Å²) in [5.74, 6) is 1.18. The Morgan fingerprint density at radius 1 is 1.18 bits per heavy atom. The lowest BCUT2D eigenvalue weighted by molar-refractivity contribution is 0.0713. The summed E-state index contributed by atoms with van der Waals surface area (Å²) >= 11 is 5.32. The van der Waals surface area contributed by atoms with Crippen LogP contribution in [0.5, 0.6) is 5.75 Å². The topological polar surface area (TPSA) is 83.1 Å². The molecule has 5 rings (SSSR count). The molecule has 0 spiro atoms. The maximum absolute atomic E-state index is 13.2. The van der Waals surface area contributed by atoms with E-state index >= 15 is 0 Å². The van der Waals surface area contributed by atoms with E-state index in [1.807, 2.05) is 17.0 Å². The zero-order valence-electron chi connectivity index (χ0n) is 19.0. The lowest BCUT2D eigenvalue weighted by Gasteiger charge is -2.32. The van der Waals surface area contributed by atoms with Crippen molar-refractivity contribution in [2.75, 3.05) is 20.2 Å². The van der Waals surface area contributed by atoms with Crippen LogP contribution in [0, 0.1) is 4.77 Å². The molecule has 1 amide bonds. The smallest absolute Gasteiger partial charge is 0.262 e. The van der Waals surface area contributed by atoms with Crippen LogP contribution in [-0.4, -0.2) is 45.5 Å². The summed E-state index contributed by atoms with van der Waals surface area (Å²) in [5.41, 5.74) is 3.30. The summed E-state index contributed by atoms with van der Waals surface area (Å²) in [6, 6.07) is 11.2. The molecule has 3 heterocycles. The number of aromatic amines is 2. The third-order valence-corrected chi connectivity index (χ3v) is 7.01. The maximum atomic E-state index is 13.2.